The minimum atomic E-state index is -1.05. The Balaban J connectivity index is 2.71. The van der Waals surface area contributed by atoms with Gasteiger partial charge in [0.25, 0.3) is 0 Å². The Morgan fingerprint density at radius 3 is 2.62 bits per heavy atom. The van der Waals surface area contributed by atoms with Crippen molar-refractivity contribution in [2.24, 2.45) is 0 Å². The van der Waals surface area contributed by atoms with Crippen LogP contribution in [0.4, 0.5) is 14.9 Å². The third-order valence-corrected chi connectivity index (χ3v) is 2.46. The minimum absolute atomic E-state index is 0.157. The molecular weight excluding hydrogens is 275 g/mol. The maximum absolute atomic E-state index is 13.4. The van der Waals surface area contributed by atoms with Gasteiger partial charge in [-0.1, -0.05) is 13.0 Å². The summed E-state index contributed by atoms with van der Waals surface area (Å²) >= 11 is 0. The number of esters is 1. The molecule has 0 fully saturated rings. The molecule has 5 nitrogen and oxygen atoms in total. The highest BCUT2D eigenvalue weighted by Gasteiger charge is 2.13. The van der Waals surface area contributed by atoms with Crippen molar-refractivity contribution in [1.29, 1.82) is 0 Å². The first-order chi connectivity index (χ1) is 9.93. The Kier molecular flexibility index (Phi) is 6.39. The molecule has 0 aliphatic rings. The molecular formula is C15H19FN2O3. The third kappa shape index (κ3) is 5.64. The van der Waals surface area contributed by atoms with E-state index in [1.54, 1.807) is 12.1 Å². The van der Waals surface area contributed by atoms with Crippen LogP contribution in [0.3, 0.4) is 0 Å². The lowest BCUT2D eigenvalue weighted by atomic mass is 10.3. The van der Waals surface area contributed by atoms with E-state index in [2.05, 4.69) is 10.6 Å². The van der Waals surface area contributed by atoms with Crippen LogP contribution in [0.2, 0.25) is 0 Å². The lowest BCUT2D eigenvalue weighted by molar-refractivity contribution is -0.131. The largest absolute Gasteiger partial charge is 0.421 e. The number of ether oxygens (including phenoxy) is 1. The van der Waals surface area contributed by atoms with Crippen molar-refractivity contribution >= 4 is 17.7 Å². The molecule has 6 heteroatoms. The maximum atomic E-state index is 13.4. The summed E-state index contributed by atoms with van der Waals surface area (Å²) in [5.41, 5.74) is 0.694. The van der Waals surface area contributed by atoms with Gasteiger partial charge in [-0.25, -0.2) is 9.59 Å². The van der Waals surface area contributed by atoms with Crippen molar-refractivity contribution in [3.05, 3.63) is 35.7 Å². The van der Waals surface area contributed by atoms with Gasteiger partial charge in [0.1, 0.15) is 5.75 Å². The van der Waals surface area contributed by atoms with Crippen LogP contribution in [0.25, 0.3) is 0 Å². The lowest BCUT2D eigenvalue weighted by Crippen LogP contribution is -2.29. The second kappa shape index (κ2) is 8.04. The minimum Gasteiger partial charge on any atom is -0.421 e. The normalized spacial score (nSPS) is 9.71. The van der Waals surface area contributed by atoms with E-state index in [1.807, 2.05) is 6.92 Å². The first-order valence-corrected chi connectivity index (χ1v) is 6.64. The van der Waals surface area contributed by atoms with Crippen LogP contribution in [0.5, 0.6) is 5.75 Å². The van der Waals surface area contributed by atoms with Gasteiger partial charge in [-0.15, -0.1) is 0 Å². The summed E-state index contributed by atoms with van der Waals surface area (Å²) in [5.74, 6) is -1.82. The Morgan fingerprint density at radius 2 is 2.00 bits per heavy atom. The SMILES string of the molecule is CCCNC(=O)Nc1cccc(OC(=O)C(F)=C(C)C)c1. The molecule has 114 valence electrons. The number of nitrogens with one attached hydrogen (secondary N) is 2. The fourth-order valence-corrected chi connectivity index (χ4v) is 1.41. The van der Waals surface area contributed by atoms with E-state index in [9.17, 15) is 14.0 Å². The molecule has 0 unspecified atom stereocenters. The lowest BCUT2D eigenvalue weighted by Gasteiger charge is -2.08. The number of rotatable bonds is 5. The molecule has 0 spiro atoms. The average molecular weight is 294 g/mol. The zero-order valence-corrected chi connectivity index (χ0v) is 12.3. The first kappa shape index (κ1) is 16.7. The van der Waals surface area contributed by atoms with Gasteiger partial charge in [0, 0.05) is 18.3 Å². The fourth-order valence-electron chi connectivity index (χ4n) is 1.41. The Bertz CT molecular complexity index is 552. The number of anilines is 1. The summed E-state index contributed by atoms with van der Waals surface area (Å²) in [7, 11) is 0. The summed E-state index contributed by atoms with van der Waals surface area (Å²) in [6.07, 6.45) is 0.826. The Hall–Kier alpha value is -2.37. The Morgan fingerprint density at radius 1 is 1.29 bits per heavy atom. The molecule has 0 bridgehead atoms. The van der Waals surface area contributed by atoms with Gasteiger partial charge in [0.05, 0.1) is 0 Å². The van der Waals surface area contributed by atoms with Crippen molar-refractivity contribution in [3.63, 3.8) is 0 Å². The highest BCUT2D eigenvalue weighted by Crippen LogP contribution is 2.19. The molecule has 0 saturated heterocycles. The van der Waals surface area contributed by atoms with Crippen LogP contribution in [0.15, 0.2) is 35.7 Å². The standard InChI is InChI=1S/C15H19FN2O3/c1-4-8-17-15(20)18-11-6-5-7-12(9-11)21-14(19)13(16)10(2)3/h5-7,9H,4,8H2,1-3H3,(H2,17,18,20). The zero-order valence-electron chi connectivity index (χ0n) is 12.3. The molecule has 0 radical (unpaired) electrons. The van der Waals surface area contributed by atoms with Crippen LogP contribution < -0.4 is 15.4 Å². The van der Waals surface area contributed by atoms with Gasteiger partial charge in [0.2, 0.25) is 5.83 Å². The van der Waals surface area contributed by atoms with Crippen LogP contribution in [0.1, 0.15) is 27.2 Å². The molecule has 1 rings (SSSR count). The quantitative estimate of drug-likeness (QED) is 0.497. The molecule has 0 aromatic heterocycles. The predicted molar refractivity (Wildman–Crippen MR) is 78.9 cm³/mol. The molecule has 2 amide bonds. The number of urea groups is 1. The summed E-state index contributed by atoms with van der Waals surface area (Å²) in [5, 5.41) is 5.24. The summed E-state index contributed by atoms with van der Waals surface area (Å²) in [4.78, 5) is 23.0. The van der Waals surface area contributed by atoms with E-state index in [4.69, 9.17) is 4.74 Å². The van der Waals surface area contributed by atoms with E-state index in [-0.39, 0.29) is 17.4 Å². The third-order valence-electron chi connectivity index (χ3n) is 2.46. The monoisotopic (exact) mass is 294 g/mol. The van der Waals surface area contributed by atoms with Gasteiger partial charge >= 0.3 is 12.0 Å². The fraction of sp³-hybridized carbons (Fsp3) is 0.333. The van der Waals surface area contributed by atoms with Crippen LogP contribution >= 0.6 is 0 Å². The van der Waals surface area contributed by atoms with Gasteiger partial charge in [-0.05, 0) is 38.0 Å². The molecule has 1 aromatic rings. The zero-order chi connectivity index (χ0) is 15.8. The van der Waals surface area contributed by atoms with E-state index in [1.165, 1.54) is 26.0 Å². The van der Waals surface area contributed by atoms with Gasteiger partial charge in [-0.2, -0.15) is 4.39 Å². The number of hydrogen-bond donors (Lipinski definition) is 2. The topological polar surface area (TPSA) is 67.4 Å². The summed E-state index contributed by atoms with van der Waals surface area (Å²) in [6, 6.07) is 5.84. The van der Waals surface area contributed by atoms with Crippen molar-refractivity contribution in [3.8, 4) is 5.75 Å². The number of allylic oxidation sites excluding steroid dienone is 1. The Labute approximate surface area is 123 Å². The molecule has 21 heavy (non-hydrogen) atoms. The van der Waals surface area contributed by atoms with Gasteiger partial charge in [-0.3, -0.25) is 0 Å². The van der Waals surface area contributed by atoms with E-state index < -0.39 is 11.8 Å². The van der Waals surface area contributed by atoms with Gasteiger partial charge in [0.15, 0.2) is 0 Å². The van der Waals surface area contributed by atoms with Crippen molar-refractivity contribution < 1.29 is 18.7 Å². The molecule has 0 aliphatic carbocycles. The smallest absolute Gasteiger partial charge is 0.372 e. The van der Waals surface area contributed by atoms with Crippen molar-refractivity contribution in [1.82, 2.24) is 5.32 Å². The number of carbonyl (C=O) groups excluding carboxylic acids is 2. The maximum Gasteiger partial charge on any atom is 0.372 e. The second-order valence-electron chi connectivity index (χ2n) is 4.61. The van der Waals surface area contributed by atoms with Crippen LogP contribution in [0, 0.1) is 0 Å². The van der Waals surface area contributed by atoms with Gasteiger partial charge < -0.3 is 15.4 Å². The number of benzene rings is 1. The second-order valence-corrected chi connectivity index (χ2v) is 4.61. The van der Waals surface area contributed by atoms with Crippen LogP contribution in [-0.4, -0.2) is 18.5 Å². The number of hydrogen-bond acceptors (Lipinski definition) is 3. The predicted octanol–water partition coefficient (Wildman–Crippen LogP) is 3.39. The summed E-state index contributed by atoms with van der Waals surface area (Å²) in [6.45, 7) is 5.46. The molecule has 0 saturated carbocycles. The number of carbonyl (C=O) groups is 2. The molecule has 0 aliphatic heterocycles. The molecule has 0 atom stereocenters. The van der Waals surface area contributed by atoms with E-state index >= 15 is 0 Å². The van der Waals surface area contributed by atoms with E-state index in [0.29, 0.717) is 12.2 Å². The molecule has 2 N–H and O–H groups in total. The highest BCUT2D eigenvalue weighted by molar-refractivity contribution is 5.90. The van der Waals surface area contributed by atoms with Crippen molar-refractivity contribution in [2.75, 3.05) is 11.9 Å². The number of halogens is 1. The first-order valence-electron chi connectivity index (χ1n) is 6.64. The average Bonchev–Trinajstić information content (AvgIpc) is 2.44. The van der Waals surface area contributed by atoms with E-state index in [0.717, 1.165) is 6.42 Å². The summed E-state index contributed by atoms with van der Waals surface area (Å²) < 4.78 is 18.3. The molecule has 1 aromatic carbocycles. The molecule has 0 heterocycles. The highest BCUT2D eigenvalue weighted by atomic mass is 19.1. The van der Waals surface area contributed by atoms with Crippen molar-refractivity contribution in [2.45, 2.75) is 27.2 Å². The van der Waals surface area contributed by atoms with Crippen LogP contribution in [-0.2, 0) is 4.79 Å². The number of amides is 2.